The molecule has 8 nitrogen and oxygen atoms in total. The molecule has 3 rings (SSSR count). The molecule has 0 saturated carbocycles. The molecule has 0 N–H and O–H groups in total. The van der Waals surface area contributed by atoms with Gasteiger partial charge in [0, 0.05) is 5.56 Å². The number of aromatic nitrogens is 6. The third-order valence-electron chi connectivity index (χ3n) is 3.77. The fraction of sp³-hybridized carbons (Fsp3) is 0.200. The Morgan fingerprint density at radius 2 is 1.78 bits per heavy atom. The highest BCUT2D eigenvalue weighted by atomic mass is 79.9. The van der Waals surface area contributed by atoms with Gasteiger partial charge in [-0.1, -0.05) is 23.2 Å². The second kappa shape index (κ2) is 7.78. The third-order valence-corrected chi connectivity index (χ3v) is 5.93. The van der Waals surface area contributed by atoms with Crippen molar-refractivity contribution in [3.8, 4) is 0 Å². The number of nitrogens with zero attached hydrogens (tertiary/aromatic N) is 6. The second-order valence-electron chi connectivity index (χ2n) is 5.41. The van der Waals surface area contributed by atoms with Gasteiger partial charge in [0.25, 0.3) is 0 Å². The summed E-state index contributed by atoms with van der Waals surface area (Å²) in [6.45, 7) is 1.63. The number of halogens is 4. The lowest BCUT2D eigenvalue weighted by atomic mass is 10.0. The summed E-state index contributed by atoms with van der Waals surface area (Å²) < 4.78 is 1.21. The largest absolute Gasteiger partial charge is 0.292 e. The normalized spacial score (nSPS) is 12.8. The molecule has 1 unspecified atom stereocenters. The van der Waals surface area contributed by atoms with Gasteiger partial charge in [0.2, 0.25) is 9.14 Å². The molecule has 0 aliphatic rings. The molecule has 1 atom stereocenters. The Labute approximate surface area is 180 Å². The van der Waals surface area contributed by atoms with Crippen molar-refractivity contribution in [2.75, 3.05) is 0 Å². The molecular weight excluding hydrogens is 527 g/mol. The van der Waals surface area contributed by atoms with Crippen LogP contribution in [-0.4, -0.2) is 41.1 Å². The monoisotopic (exact) mass is 534 g/mol. The van der Waals surface area contributed by atoms with E-state index in [1.165, 1.54) is 46.8 Å². The Bertz CT molecular complexity index is 992. The number of rotatable bonds is 6. The lowest BCUT2D eigenvalue weighted by molar-refractivity contribution is 0.0928. The van der Waals surface area contributed by atoms with E-state index in [1.54, 1.807) is 6.92 Å². The van der Waals surface area contributed by atoms with Crippen molar-refractivity contribution in [3.63, 3.8) is 0 Å². The maximum absolute atomic E-state index is 13.0. The third kappa shape index (κ3) is 3.71. The Balaban J connectivity index is 2.04. The maximum Gasteiger partial charge on any atom is 0.235 e. The minimum Gasteiger partial charge on any atom is -0.292 e. The van der Waals surface area contributed by atoms with Crippen molar-refractivity contribution in [2.45, 2.75) is 16.3 Å². The van der Waals surface area contributed by atoms with E-state index in [1.807, 2.05) is 0 Å². The fourth-order valence-electron chi connectivity index (χ4n) is 2.32. The molecule has 2 heterocycles. The molecule has 140 valence electrons. The van der Waals surface area contributed by atoms with E-state index in [0.29, 0.717) is 0 Å². The van der Waals surface area contributed by atoms with Gasteiger partial charge in [-0.3, -0.25) is 9.59 Å². The zero-order valence-electron chi connectivity index (χ0n) is 13.6. The Hall–Kier alpha value is -1.62. The van der Waals surface area contributed by atoms with E-state index in [2.05, 4.69) is 52.0 Å². The second-order valence-corrected chi connectivity index (χ2v) is 9.55. The number of Topliss-reactive ketones (excluding diaryl/α,β-unsaturated/α-hetero) is 2. The first-order valence-electron chi connectivity index (χ1n) is 7.39. The van der Waals surface area contributed by atoms with Crippen LogP contribution in [0.1, 0.15) is 33.7 Å². The van der Waals surface area contributed by atoms with Crippen LogP contribution in [0.3, 0.4) is 0 Å². The van der Waals surface area contributed by atoms with Gasteiger partial charge >= 0.3 is 0 Å². The van der Waals surface area contributed by atoms with Gasteiger partial charge in [0.1, 0.15) is 31.4 Å². The molecule has 1 aromatic carbocycles. The van der Waals surface area contributed by atoms with Gasteiger partial charge in [0.15, 0.2) is 5.78 Å². The minimum absolute atomic E-state index is 0.0292. The van der Waals surface area contributed by atoms with Crippen molar-refractivity contribution in [1.82, 2.24) is 29.5 Å². The fourth-order valence-corrected chi connectivity index (χ4v) is 3.76. The van der Waals surface area contributed by atoms with Gasteiger partial charge < -0.3 is 0 Å². The first-order chi connectivity index (χ1) is 12.7. The van der Waals surface area contributed by atoms with Gasteiger partial charge in [0.05, 0.1) is 15.6 Å². The van der Waals surface area contributed by atoms with Crippen LogP contribution in [0.25, 0.3) is 0 Å². The molecule has 0 spiro atoms. The molecular formula is C15H10Br2Cl2N6O2. The molecule has 0 radical (unpaired) electrons. The maximum atomic E-state index is 13.0. The predicted octanol–water partition coefficient (Wildman–Crippen LogP) is 3.90. The highest BCUT2D eigenvalue weighted by Crippen LogP contribution is 2.39. The van der Waals surface area contributed by atoms with Gasteiger partial charge in [-0.25, -0.2) is 19.3 Å². The number of hydrogen-bond donors (Lipinski definition) is 0. The molecule has 0 aliphatic heterocycles. The number of benzene rings is 1. The molecule has 0 aliphatic carbocycles. The average molecular weight is 537 g/mol. The van der Waals surface area contributed by atoms with E-state index in [-0.39, 0.29) is 21.2 Å². The summed E-state index contributed by atoms with van der Waals surface area (Å²) >= 11 is 19.2. The van der Waals surface area contributed by atoms with Gasteiger partial charge in [-0.15, -0.1) is 0 Å². The summed E-state index contributed by atoms with van der Waals surface area (Å²) in [4.78, 5) is 33.6. The Kier molecular flexibility index (Phi) is 5.80. The number of ketones is 2. The predicted molar refractivity (Wildman–Crippen MR) is 106 cm³/mol. The lowest BCUT2D eigenvalue weighted by Crippen LogP contribution is -2.31. The van der Waals surface area contributed by atoms with Crippen LogP contribution in [0, 0.1) is 0 Å². The summed E-state index contributed by atoms with van der Waals surface area (Å²) in [6, 6.07) is 2.18. The van der Waals surface area contributed by atoms with Crippen molar-refractivity contribution in [1.29, 1.82) is 0 Å². The summed E-state index contributed by atoms with van der Waals surface area (Å²) in [6.07, 6.45) is 5.36. The van der Waals surface area contributed by atoms with E-state index in [4.69, 9.17) is 23.2 Å². The summed E-state index contributed by atoms with van der Waals surface area (Å²) in [5.74, 6) is -0.891. The zero-order chi connectivity index (χ0) is 19.8. The summed E-state index contributed by atoms with van der Waals surface area (Å²) in [5.41, 5.74) is 0.112. The average Bonchev–Trinajstić information content (AvgIpc) is 3.34. The van der Waals surface area contributed by atoms with Crippen LogP contribution < -0.4 is 0 Å². The number of carbonyl (C=O) groups is 2. The van der Waals surface area contributed by atoms with Gasteiger partial charge in [-0.05, 0) is 50.9 Å². The number of hydrogen-bond acceptors (Lipinski definition) is 6. The Morgan fingerprint density at radius 3 is 2.37 bits per heavy atom. The van der Waals surface area contributed by atoms with Crippen LogP contribution >= 0.6 is 55.1 Å². The smallest absolute Gasteiger partial charge is 0.235 e. The van der Waals surface area contributed by atoms with E-state index < -0.39 is 21.0 Å². The van der Waals surface area contributed by atoms with Crippen molar-refractivity contribution in [3.05, 3.63) is 58.6 Å². The lowest BCUT2D eigenvalue weighted by Gasteiger charge is -2.21. The Morgan fingerprint density at radius 1 is 1.11 bits per heavy atom. The van der Waals surface area contributed by atoms with Crippen LogP contribution in [0.2, 0.25) is 10.0 Å². The number of carbonyl (C=O) groups excluding carboxylic acids is 2. The standard InChI is InChI=1S/C15H10Br2Cl2N6O2/c1-8(24-6-20-4-22-24)13(26)11-10(18)3-2-9(12(11)19)14(27)15(16,17)25-7-21-5-23-25/h2-8H,1H3. The summed E-state index contributed by atoms with van der Waals surface area (Å²) in [5, 5.41) is 7.95. The van der Waals surface area contributed by atoms with Crippen LogP contribution in [0.5, 0.6) is 0 Å². The van der Waals surface area contributed by atoms with Crippen LogP contribution in [-0.2, 0) is 3.36 Å². The molecule has 0 saturated heterocycles. The van der Waals surface area contributed by atoms with E-state index >= 15 is 0 Å². The van der Waals surface area contributed by atoms with Crippen molar-refractivity contribution in [2.24, 2.45) is 0 Å². The molecule has 0 amide bonds. The molecule has 27 heavy (non-hydrogen) atoms. The first-order valence-corrected chi connectivity index (χ1v) is 9.73. The molecule has 0 bridgehead atoms. The minimum atomic E-state index is -1.42. The topological polar surface area (TPSA) is 95.6 Å². The first kappa shape index (κ1) is 20.1. The highest BCUT2D eigenvalue weighted by molar-refractivity contribution is 9.25. The quantitative estimate of drug-likeness (QED) is 0.350. The molecule has 12 heteroatoms. The number of alkyl halides is 2. The van der Waals surface area contributed by atoms with E-state index in [0.717, 1.165) is 0 Å². The van der Waals surface area contributed by atoms with Crippen LogP contribution in [0.4, 0.5) is 0 Å². The highest BCUT2D eigenvalue weighted by Gasteiger charge is 2.38. The zero-order valence-corrected chi connectivity index (χ0v) is 18.2. The molecule has 3 aromatic rings. The van der Waals surface area contributed by atoms with Crippen LogP contribution in [0.15, 0.2) is 37.4 Å². The SMILES string of the molecule is CC(C(=O)c1c(Cl)ccc(C(=O)C(Br)(Br)n2cncn2)c1Cl)n1cncn1. The van der Waals surface area contributed by atoms with Crippen molar-refractivity contribution >= 4 is 66.6 Å². The summed E-state index contributed by atoms with van der Waals surface area (Å²) in [7, 11) is 0. The molecule has 0 fully saturated rings. The van der Waals surface area contributed by atoms with Crippen molar-refractivity contribution < 1.29 is 9.59 Å². The molecule has 2 aromatic heterocycles. The van der Waals surface area contributed by atoms with E-state index in [9.17, 15) is 9.59 Å². The van der Waals surface area contributed by atoms with Gasteiger partial charge in [-0.2, -0.15) is 10.2 Å².